The fourth-order valence-corrected chi connectivity index (χ4v) is 4.98. The topological polar surface area (TPSA) is 58.4 Å². The van der Waals surface area contributed by atoms with Crippen molar-refractivity contribution in [3.05, 3.63) is 56.5 Å². The first-order valence-electron chi connectivity index (χ1n) is 9.54. The Labute approximate surface area is 188 Å². The first-order chi connectivity index (χ1) is 14.4. The van der Waals surface area contributed by atoms with E-state index in [1.165, 1.54) is 24.2 Å². The van der Waals surface area contributed by atoms with Crippen LogP contribution in [0.4, 0.5) is 0 Å². The van der Waals surface area contributed by atoms with E-state index in [1.807, 2.05) is 12.1 Å². The lowest BCUT2D eigenvalue weighted by Crippen LogP contribution is -2.18. The van der Waals surface area contributed by atoms with Gasteiger partial charge >= 0.3 is 5.97 Å². The van der Waals surface area contributed by atoms with Gasteiger partial charge in [0.2, 0.25) is 0 Å². The molecule has 0 atom stereocenters. The van der Waals surface area contributed by atoms with Crippen LogP contribution >= 0.6 is 34.5 Å². The summed E-state index contributed by atoms with van der Waals surface area (Å²) in [6.45, 7) is 4.75. The van der Waals surface area contributed by atoms with E-state index in [0.717, 1.165) is 29.4 Å². The van der Waals surface area contributed by atoms with Crippen LogP contribution in [0, 0.1) is 18.8 Å². The Morgan fingerprint density at radius 2 is 2.00 bits per heavy atom. The molecule has 3 heterocycles. The molecular formula is C22H19Cl2N3O2S. The Hall–Kier alpha value is -2.30. The summed E-state index contributed by atoms with van der Waals surface area (Å²) in [6, 6.07) is 8.95. The Bertz CT molecular complexity index is 1170. The zero-order valence-corrected chi connectivity index (χ0v) is 18.6. The highest BCUT2D eigenvalue weighted by atomic mass is 35.5. The van der Waals surface area contributed by atoms with Crippen molar-refractivity contribution in [1.29, 1.82) is 0 Å². The van der Waals surface area contributed by atoms with Gasteiger partial charge in [-0.25, -0.2) is 9.48 Å². The molecule has 2 aromatic heterocycles. The summed E-state index contributed by atoms with van der Waals surface area (Å²) in [4.78, 5) is 15.9. The van der Waals surface area contributed by atoms with Crippen LogP contribution in [0.2, 0.25) is 10.0 Å². The summed E-state index contributed by atoms with van der Waals surface area (Å²) in [7, 11) is 0. The number of rotatable bonds is 4. The lowest BCUT2D eigenvalue weighted by molar-refractivity contribution is 0.0689. The van der Waals surface area contributed by atoms with E-state index < -0.39 is 5.97 Å². The summed E-state index contributed by atoms with van der Waals surface area (Å²) in [5, 5.41) is 14.8. The number of carboxylic acids is 1. The SMILES string of the molecule is Cc1c(C(=O)O)nn(-c2ccc(Cl)cc2Cl)c1-c1ccc(C#CCN2CCCC2)s1. The molecule has 30 heavy (non-hydrogen) atoms. The highest BCUT2D eigenvalue weighted by Crippen LogP contribution is 2.36. The zero-order valence-electron chi connectivity index (χ0n) is 16.3. The lowest BCUT2D eigenvalue weighted by Gasteiger charge is -2.09. The maximum absolute atomic E-state index is 11.7. The predicted octanol–water partition coefficient (Wildman–Crippen LogP) is 5.36. The van der Waals surface area contributed by atoms with Gasteiger partial charge in [0.05, 0.1) is 32.7 Å². The van der Waals surface area contributed by atoms with Crippen molar-refractivity contribution in [1.82, 2.24) is 14.7 Å². The van der Waals surface area contributed by atoms with Gasteiger partial charge in [-0.05, 0) is 63.2 Å². The Kier molecular flexibility index (Phi) is 6.16. The molecule has 1 saturated heterocycles. The fourth-order valence-electron chi connectivity index (χ4n) is 3.53. The summed E-state index contributed by atoms with van der Waals surface area (Å²) in [5.41, 5.74) is 1.83. The van der Waals surface area contributed by atoms with Gasteiger partial charge in [0.1, 0.15) is 0 Å². The first kappa shape index (κ1) is 21.0. The molecule has 0 amide bonds. The van der Waals surface area contributed by atoms with Crippen LogP contribution in [-0.4, -0.2) is 45.4 Å². The number of halogens is 2. The van der Waals surface area contributed by atoms with Gasteiger partial charge in [0.15, 0.2) is 5.69 Å². The average Bonchev–Trinajstić information content (AvgIpc) is 3.42. The van der Waals surface area contributed by atoms with Crippen molar-refractivity contribution < 1.29 is 9.90 Å². The molecule has 1 aliphatic heterocycles. The van der Waals surface area contributed by atoms with Gasteiger partial charge in [-0.2, -0.15) is 5.10 Å². The minimum absolute atomic E-state index is 0.00826. The van der Waals surface area contributed by atoms with Gasteiger partial charge in [0.25, 0.3) is 0 Å². The molecule has 1 fully saturated rings. The summed E-state index contributed by atoms with van der Waals surface area (Å²) < 4.78 is 1.57. The Morgan fingerprint density at radius 1 is 1.23 bits per heavy atom. The number of nitrogens with zero attached hydrogens (tertiary/aromatic N) is 3. The van der Waals surface area contributed by atoms with E-state index in [4.69, 9.17) is 23.2 Å². The molecule has 8 heteroatoms. The number of aromatic carboxylic acids is 1. The normalized spacial score (nSPS) is 14.0. The fraction of sp³-hybridized carbons (Fsp3) is 0.273. The number of carbonyl (C=O) groups is 1. The molecule has 0 aliphatic carbocycles. The van der Waals surface area contributed by atoms with Crippen molar-refractivity contribution in [2.75, 3.05) is 19.6 Å². The van der Waals surface area contributed by atoms with Gasteiger partial charge < -0.3 is 5.11 Å². The predicted molar refractivity (Wildman–Crippen MR) is 121 cm³/mol. The van der Waals surface area contributed by atoms with Crippen LogP contribution in [0.25, 0.3) is 16.3 Å². The van der Waals surface area contributed by atoms with Crippen molar-refractivity contribution in [2.24, 2.45) is 0 Å². The smallest absolute Gasteiger partial charge is 0.356 e. The molecule has 0 radical (unpaired) electrons. The maximum Gasteiger partial charge on any atom is 0.356 e. The third kappa shape index (κ3) is 4.26. The average molecular weight is 460 g/mol. The van der Waals surface area contributed by atoms with Crippen LogP contribution in [0.3, 0.4) is 0 Å². The minimum atomic E-state index is -1.08. The van der Waals surface area contributed by atoms with Crippen molar-refractivity contribution >= 4 is 40.5 Å². The molecular weight excluding hydrogens is 441 g/mol. The van der Waals surface area contributed by atoms with E-state index in [-0.39, 0.29) is 5.69 Å². The number of benzene rings is 1. The Balaban J connectivity index is 1.72. The van der Waals surface area contributed by atoms with E-state index in [0.29, 0.717) is 27.0 Å². The van der Waals surface area contributed by atoms with Crippen LogP contribution < -0.4 is 0 Å². The number of thiophene rings is 1. The van der Waals surface area contributed by atoms with Crippen LogP contribution in [0.5, 0.6) is 0 Å². The second-order valence-corrected chi connectivity index (χ2v) is 9.01. The quantitative estimate of drug-likeness (QED) is 0.533. The zero-order chi connectivity index (χ0) is 21.3. The number of aromatic nitrogens is 2. The first-order valence-corrected chi connectivity index (χ1v) is 11.1. The lowest BCUT2D eigenvalue weighted by atomic mass is 10.1. The van der Waals surface area contributed by atoms with Crippen molar-refractivity contribution in [3.63, 3.8) is 0 Å². The van der Waals surface area contributed by atoms with Crippen LogP contribution in [0.1, 0.15) is 33.8 Å². The van der Waals surface area contributed by atoms with Gasteiger partial charge in [-0.1, -0.05) is 35.0 Å². The second-order valence-electron chi connectivity index (χ2n) is 7.08. The molecule has 154 valence electrons. The molecule has 0 unspecified atom stereocenters. The summed E-state index contributed by atoms with van der Waals surface area (Å²) >= 11 is 13.9. The van der Waals surface area contributed by atoms with Gasteiger partial charge in [0, 0.05) is 10.6 Å². The highest BCUT2D eigenvalue weighted by Gasteiger charge is 2.23. The molecule has 4 rings (SSSR count). The van der Waals surface area contributed by atoms with Crippen LogP contribution in [-0.2, 0) is 0 Å². The maximum atomic E-state index is 11.7. The number of likely N-dealkylation sites (tertiary alicyclic amines) is 1. The minimum Gasteiger partial charge on any atom is -0.476 e. The number of hydrogen-bond donors (Lipinski definition) is 1. The largest absolute Gasteiger partial charge is 0.476 e. The van der Waals surface area contributed by atoms with E-state index >= 15 is 0 Å². The van der Waals surface area contributed by atoms with Crippen molar-refractivity contribution in [3.8, 4) is 28.1 Å². The Morgan fingerprint density at radius 3 is 2.70 bits per heavy atom. The third-order valence-corrected chi connectivity index (χ3v) is 6.56. The number of carboxylic acid groups (broad SMARTS) is 1. The molecule has 3 aromatic rings. The van der Waals surface area contributed by atoms with Gasteiger partial charge in [-0.15, -0.1) is 11.3 Å². The molecule has 0 spiro atoms. The monoisotopic (exact) mass is 459 g/mol. The molecule has 0 saturated carbocycles. The summed E-state index contributed by atoms with van der Waals surface area (Å²) in [6.07, 6.45) is 2.49. The molecule has 5 nitrogen and oxygen atoms in total. The molecule has 1 aromatic carbocycles. The van der Waals surface area contributed by atoms with Gasteiger partial charge in [-0.3, -0.25) is 4.90 Å². The van der Waals surface area contributed by atoms with Crippen molar-refractivity contribution in [2.45, 2.75) is 19.8 Å². The van der Waals surface area contributed by atoms with E-state index in [2.05, 4.69) is 21.8 Å². The third-order valence-electron chi connectivity index (χ3n) is 5.02. The summed E-state index contributed by atoms with van der Waals surface area (Å²) in [5.74, 6) is 5.38. The molecule has 0 bridgehead atoms. The second kappa shape index (κ2) is 8.83. The van der Waals surface area contributed by atoms with E-state index in [1.54, 1.807) is 29.8 Å². The number of hydrogen-bond acceptors (Lipinski definition) is 4. The highest BCUT2D eigenvalue weighted by molar-refractivity contribution is 7.16. The molecule has 1 aliphatic rings. The van der Waals surface area contributed by atoms with E-state index in [9.17, 15) is 9.90 Å². The standard InChI is InChI=1S/C22H19Cl2N3O2S/c1-14-20(22(28)29)25-27(18-8-6-15(23)13-17(18)24)21(14)19-9-7-16(30-19)5-4-12-26-10-2-3-11-26/h6-9,13H,2-3,10-12H2,1H3,(H,28,29). The molecule has 1 N–H and O–H groups in total. The van der Waals surface area contributed by atoms with Crippen LogP contribution in [0.15, 0.2) is 30.3 Å².